The van der Waals surface area contributed by atoms with Crippen LogP contribution in [0.3, 0.4) is 0 Å². The quantitative estimate of drug-likeness (QED) is 0.735. The molecule has 0 spiro atoms. The molecule has 0 radical (unpaired) electrons. The summed E-state index contributed by atoms with van der Waals surface area (Å²) in [5.41, 5.74) is 0.121. The highest BCUT2D eigenvalue weighted by atomic mass is 16.1. The summed E-state index contributed by atoms with van der Waals surface area (Å²) in [6.07, 6.45) is 4.26. The molecule has 1 atom stereocenters. The zero-order valence-corrected chi connectivity index (χ0v) is 13.1. The Hall–Kier alpha value is -0.610. The van der Waals surface area contributed by atoms with Crippen LogP contribution in [0.15, 0.2) is 0 Å². The highest BCUT2D eigenvalue weighted by molar-refractivity contribution is 5.75. The standard InChI is InChI=1S/C15H31N3O/c1-15(2,11-16-3)12-17-14(19)8-7-13-6-5-9-18(4)10-13/h13,16H,5-12H2,1-4H3,(H,17,19). The van der Waals surface area contributed by atoms with Gasteiger partial charge in [-0.25, -0.2) is 0 Å². The minimum atomic E-state index is 0.121. The van der Waals surface area contributed by atoms with Gasteiger partial charge in [0.15, 0.2) is 0 Å². The molecule has 1 unspecified atom stereocenters. The molecule has 1 aliphatic rings. The van der Waals surface area contributed by atoms with Crippen molar-refractivity contribution < 1.29 is 4.79 Å². The van der Waals surface area contributed by atoms with Crippen LogP contribution in [0.4, 0.5) is 0 Å². The molecule has 112 valence electrons. The third-order valence-corrected chi connectivity index (χ3v) is 3.92. The molecule has 1 amide bonds. The average Bonchev–Trinajstić information content (AvgIpc) is 2.34. The van der Waals surface area contributed by atoms with E-state index < -0.39 is 0 Å². The molecule has 1 aliphatic heterocycles. The molecule has 1 saturated heterocycles. The summed E-state index contributed by atoms with van der Waals surface area (Å²) in [6.45, 7) is 8.36. The van der Waals surface area contributed by atoms with E-state index in [-0.39, 0.29) is 11.3 Å². The lowest BCUT2D eigenvalue weighted by molar-refractivity contribution is -0.121. The summed E-state index contributed by atoms with van der Waals surface area (Å²) in [6, 6.07) is 0. The van der Waals surface area contributed by atoms with Gasteiger partial charge in [-0.05, 0) is 51.2 Å². The highest BCUT2D eigenvalue weighted by Gasteiger charge is 2.20. The molecular formula is C15H31N3O. The predicted molar refractivity (Wildman–Crippen MR) is 80.2 cm³/mol. The van der Waals surface area contributed by atoms with Gasteiger partial charge in [0.1, 0.15) is 0 Å². The summed E-state index contributed by atoms with van der Waals surface area (Å²) >= 11 is 0. The zero-order chi connectivity index (χ0) is 14.3. The van der Waals surface area contributed by atoms with Crippen LogP contribution in [0.2, 0.25) is 0 Å². The number of rotatable bonds is 7. The molecular weight excluding hydrogens is 238 g/mol. The molecule has 0 aliphatic carbocycles. The molecule has 0 saturated carbocycles. The molecule has 0 aromatic rings. The fourth-order valence-corrected chi connectivity index (χ4v) is 2.81. The molecule has 1 heterocycles. The maximum atomic E-state index is 11.9. The van der Waals surface area contributed by atoms with Crippen molar-refractivity contribution in [3.63, 3.8) is 0 Å². The van der Waals surface area contributed by atoms with E-state index in [1.807, 2.05) is 7.05 Å². The van der Waals surface area contributed by atoms with Gasteiger partial charge in [0, 0.05) is 26.1 Å². The van der Waals surface area contributed by atoms with Crippen LogP contribution in [0.5, 0.6) is 0 Å². The average molecular weight is 269 g/mol. The second kappa shape index (κ2) is 7.85. The summed E-state index contributed by atoms with van der Waals surface area (Å²) in [7, 11) is 4.12. The third kappa shape index (κ3) is 6.92. The Morgan fingerprint density at radius 2 is 2.11 bits per heavy atom. The Balaban J connectivity index is 2.17. The smallest absolute Gasteiger partial charge is 0.220 e. The van der Waals surface area contributed by atoms with Gasteiger partial charge in [0.25, 0.3) is 0 Å². The number of amides is 1. The van der Waals surface area contributed by atoms with E-state index >= 15 is 0 Å². The molecule has 19 heavy (non-hydrogen) atoms. The van der Waals surface area contributed by atoms with Gasteiger partial charge < -0.3 is 15.5 Å². The molecule has 0 bridgehead atoms. The van der Waals surface area contributed by atoms with Gasteiger partial charge in [0.2, 0.25) is 5.91 Å². The van der Waals surface area contributed by atoms with Crippen LogP contribution in [0.1, 0.15) is 39.5 Å². The first-order valence-electron chi connectivity index (χ1n) is 7.53. The topological polar surface area (TPSA) is 44.4 Å². The number of hydrogen-bond donors (Lipinski definition) is 2. The number of carbonyl (C=O) groups excluding carboxylic acids is 1. The van der Waals surface area contributed by atoms with E-state index in [0.717, 1.165) is 26.1 Å². The van der Waals surface area contributed by atoms with Crippen molar-refractivity contribution in [2.75, 3.05) is 40.3 Å². The predicted octanol–water partition coefficient (Wildman–Crippen LogP) is 1.47. The number of likely N-dealkylation sites (tertiary alicyclic amines) is 1. The van der Waals surface area contributed by atoms with Crippen molar-refractivity contribution in [1.29, 1.82) is 0 Å². The lowest BCUT2D eigenvalue weighted by Crippen LogP contribution is -2.39. The molecule has 4 nitrogen and oxygen atoms in total. The van der Waals surface area contributed by atoms with E-state index in [2.05, 4.69) is 36.4 Å². The first-order valence-corrected chi connectivity index (χ1v) is 7.53. The fourth-order valence-electron chi connectivity index (χ4n) is 2.81. The van der Waals surface area contributed by atoms with Crippen LogP contribution < -0.4 is 10.6 Å². The van der Waals surface area contributed by atoms with Crippen molar-refractivity contribution in [3.8, 4) is 0 Å². The largest absolute Gasteiger partial charge is 0.356 e. The minimum Gasteiger partial charge on any atom is -0.356 e. The molecule has 0 aromatic heterocycles. The van der Waals surface area contributed by atoms with Gasteiger partial charge in [-0.1, -0.05) is 13.8 Å². The minimum absolute atomic E-state index is 0.121. The normalized spacial score (nSPS) is 21.4. The van der Waals surface area contributed by atoms with Crippen molar-refractivity contribution in [1.82, 2.24) is 15.5 Å². The van der Waals surface area contributed by atoms with Crippen LogP contribution in [-0.2, 0) is 4.79 Å². The van der Waals surface area contributed by atoms with Gasteiger partial charge in [-0.2, -0.15) is 0 Å². The molecule has 2 N–H and O–H groups in total. The van der Waals surface area contributed by atoms with Crippen molar-refractivity contribution in [3.05, 3.63) is 0 Å². The van der Waals surface area contributed by atoms with Crippen LogP contribution in [0.25, 0.3) is 0 Å². The molecule has 1 rings (SSSR count). The van der Waals surface area contributed by atoms with Gasteiger partial charge in [-0.3, -0.25) is 4.79 Å². The fraction of sp³-hybridized carbons (Fsp3) is 0.933. The number of hydrogen-bond acceptors (Lipinski definition) is 3. The molecule has 1 fully saturated rings. The Morgan fingerprint density at radius 1 is 1.37 bits per heavy atom. The number of nitrogens with zero attached hydrogens (tertiary/aromatic N) is 1. The van der Waals surface area contributed by atoms with E-state index in [1.165, 1.54) is 19.4 Å². The highest BCUT2D eigenvalue weighted by Crippen LogP contribution is 2.19. The lowest BCUT2D eigenvalue weighted by atomic mass is 9.92. The summed E-state index contributed by atoms with van der Waals surface area (Å²) in [5.74, 6) is 0.909. The Bertz CT molecular complexity index is 279. The first kappa shape index (κ1) is 16.4. The Kier molecular flexibility index (Phi) is 6.80. The van der Waals surface area contributed by atoms with E-state index in [4.69, 9.17) is 0 Å². The second-order valence-corrected chi connectivity index (χ2v) is 6.78. The van der Waals surface area contributed by atoms with E-state index in [1.54, 1.807) is 0 Å². The van der Waals surface area contributed by atoms with Crippen molar-refractivity contribution >= 4 is 5.91 Å². The van der Waals surface area contributed by atoms with Crippen LogP contribution >= 0.6 is 0 Å². The number of nitrogens with one attached hydrogen (secondary N) is 2. The van der Waals surface area contributed by atoms with Gasteiger partial charge >= 0.3 is 0 Å². The molecule has 0 aromatic carbocycles. The first-order chi connectivity index (χ1) is 8.93. The zero-order valence-electron chi connectivity index (χ0n) is 13.1. The maximum absolute atomic E-state index is 11.9. The number of piperidine rings is 1. The summed E-state index contributed by atoms with van der Waals surface area (Å²) < 4.78 is 0. The molecule has 4 heteroatoms. The lowest BCUT2D eigenvalue weighted by Gasteiger charge is -2.29. The number of carbonyl (C=O) groups is 1. The Morgan fingerprint density at radius 3 is 2.74 bits per heavy atom. The van der Waals surface area contributed by atoms with Gasteiger partial charge in [0.05, 0.1) is 0 Å². The van der Waals surface area contributed by atoms with E-state index in [0.29, 0.717) is 12.3 Å². The summed E-state index contributed by atoms with van der Waals surface area (Å²) in [5, 5.41) is 6.23. The third-order valence-electron chi connectivity index (χ3n) is 3.92. The second-order valence-electron chi connectivity index (χ2n) is 6.78. The van der Waals surface area contributed by atoms with Gasteiger partial charge in [-0.15, -0.1) is 0 Å². The van der Waals surface area contributed by atoms with E-state index in [9.17, 15) is 4.79 Å². The summed E-state index contributed by atoms with van der Waals surface area (Å²) in [4.78, 5) is 14.3. The van der Waals surface area contributed by atoms with Crippen molar-refractivity contribution in [2.45, 2.75) is 39.5 Å². The van der Waals surface area contributed by atoms with Crippen LogP contribution in [0, 0.1) is 11.3 Å². The van der Waals surface area contributed by atoms with Crippen LogP contribution in [-0.4, -0.2) is 51.1 Å². The van der Waals surface area contributed by atoms with Crippen molar-refractivity contribution in [2.24, 2.45) is 11.3 Å². The SMILES string of the molecule is CNCC(C)(C)CNC(=O)CCC1CCCN(C)C1. The monoisotopic (exact) mass is 269 g/mol. The Labute approximate surface area is 118 Å². The maximum Gasteiger partial charge on any atom is 0.220 e.